The molecule has 0 heterocycles. The van der Waals surface area contributed by atoms with Crippen LogP contribution in [0.25, 0.3) is 0 Å². The Balaban J connectivity index is 2.19. The number of hydrogen-bond donors (Lipinski definition) is 1. The second-order valence-corrected chi connectivity index (χ2v) is 5.15. The molecule has 0 fully saturated rings. The van der Waals surface area contributed by atoms with Crippen LogP contribution in [0.2, 0.25) is 0 Å². The smallest absolute Gasteiger partial charge is 0.123 e. The highest BCUT2D eigenvalue weighted by atomic mass is 16.5. The van der Waals surface area contributed by atoms with Crippen molar-refractivity contribution in [1.82, 2.24) is 5.32 Å². The van der Waals surface area contributed by atoms with Gasteiger partial charge < -0.3 is 10.1 Å². The molecule has 0 radical (unpaired) electrons. The van der Waals surface area contributed by atoms with Gasteiger partial charge in [0.2, 0.25) is 0 Å². The highest BCUT2D eigenvalue weighted by molar-refractivity contribution is 5.43. The SMILES string of the molecule is CNC1CCCc2c(OCC=C(C)C)cccc21. The number of benzene rings is 1. The van der Waals surface area contributed by atoms with Crippen LogP contribution in [0.4, 0.5) is 0 Å². The van der Waals surface area contributed by atoms with Crippen LogP contribution < -0.4 is 10.1 Å². The van der Waals surface area contributed by atoms with E-state index in [-0.39, 0.29) is 0 Å². The minimum atomic E-state index is 0.487. The van der Waals surface area contributed by atoms with E-state index in [4.69, 9.17) is 4.74 Å². The molecule has 1 unspecified atom stereocenters. The first-order valence-electron chi connectivity index (χ1n) is 6.77. The van der Waals surface area contributed by atoms with Crippen LogP contribution >= 0.6 is 0 Å². The average Bonchev–Trinajstić information content (AvgIpc) is 2.38. The zero-order valence-corrected chi connectivity index (χ0v) is 11.6. The highest BCUT2D eigenvalue weighted by Gasteiger charge is 2.21. The third-order valence-electron chi connectivity index (χ3n) is 3.54. The molecule has 2 heteroatoms. The van der Waals surface area contributed by atoms with Crippen molar-refractivity contribution in [2.24, 2.45) is 0 Å². The van der Waals surface area contributed by atoms with E-state index in [0.717, 1.165) is 12.2 Å². The van der Waals surface area contributed by atoms with Crippen LogP contribution in [0.15, 0.2) is 29.8 Å². The zero-order chi connectivity index (χ0) is 13.0. The lowest BCUT2D eigenvalue weighted by Gasteiger charge is -2.26. The summed E-state index contributed by atoms with van der Waals surface area (Å²) in [5.74, 6) is 1.06. The molecular weight excluding hydrogens is 222 g/mol. The van der Waals surface area contributed by atoms with Crippen molar-refractivity contribution in [3.63, 3.8) is 0 Å². The summed E-state index contributed by atoms with van der Waals surface area (Å²) in [6, 6.07) is 6.91. The third-order valence-corrected chi connectivity index (χ3v) is 3.54. The fourth-order valence-electron chi connectivity index (χ4n) is 2.55. The zero-order valence-electron chi connectivity index (χ0n) is 11.6. The molecule has 1 N–H and O–H groups in total. The number of nitrogens with one attached hydrogen (secondary N) is 1. The lowest BCUT2D eigenvalue weighted by molar-refractivity contribution is 0.352. The first-order valence-corrected chi connectivity index (χ1v) is 6.77. The van der Waals surface area contributed by atoms with Gasteiger partial charge in [0, 0.05) is 6.04 Å². The van der Waals surface area contributed by atoms with E-state index < -0.39 is 0 Å². The van der Waals surface area contributed by atoms with Crippen LogP contribution in [0.1, 0.15) is 43.9 Å². The van der Waals surface area contributed by atoms with E-state index in [1.165, 1.54) is 29.5 Å². The van der Waals surface area contributed by atoms with Gasteiger partial charge in [0.15, 0.2) is 0 Å². The quantitative estimate of drug-likeness (QED) is 0.818. The minimum Gasteiger partial charge on any atom is -0.489 e. The Morgan fingerprint density at radius 1 is 1.44 bits per heavy atom. The van der Waals surface area contributed by atoms with Gasteiger partial charge in [-0.3, -0.25) is 0 Å². The summed E-state index contributed by atoms with van der Waals surface area (Å²) in [5, 5.41) is 3.39. The Kier molecular flexibility index (Phi) is 4.43. The molecule has 0 aromatic heterocycles. The van der Waals surface area contributed by atoms with Gasteiger partial charge >= 0.3 is 0 Å². The van der Waals surface area contributed by atoms with Crippen LogP contribution in [-0.4, -0.2) is 13.7 Å². The van der Waals surface area contributed by atoms with Crippen molar-refractivity contribution in [3.05, 3.63) is 41.0 Å². The number of allylic oxidation sites excluding steroid dienone is 1. The van der Waals surface area contributed by atoms with Crippen LogP contribution in [-0.2, 0) is 6.42 Å². The summed E-state index contributed by atoms with van der Waals surface area (Å²) in [7, 11) is 2.04. The molecular formula is C16H23NO. The van der Waals surface area contributed by atoms with Crippen molar-refractivity contribution in [2.75, 3.05) is 13.7 Å². The highest BCUT2D eigenvalue weighted by Crippen LogP contribution is 2.35. The predicted molar refractivity (Wildman–Crippen MR) is 76.1 cm³/mol. The monoisotopic (exact) mass is 245 g/mol. The molecule has 18 heavy (non-hydrogen) atoms. The molecule has 98 valence electrons. The van der Waals surface area contributed by atoms with Gasteiger partial charge in [-0.05, 0) is 63.4 Å². The molecule has 1 aromatic carbocycles. The van der Waals surface area contributed by atoms with Gasteiger partial charge in [0.1, 0.15) is 12.4 Å². The Labute approximate surface area is 110 Å². The largest absolute Gasteiger partial charge is 0.489 e. The molecule has 0 saturated carbocycles. The maximum Gasteiger partial charge on any atom is 0.123 e. The van der Waals surface area contributed by atoms with Crippen LogP contribution in [0, 0.1) is 0 Å². The van der Waals surface area contributed by atoms with E-state index >= 15 is 0 Å². The molecule has 0 aliphatic heterocycles. The fourth-order valence-corrected chi connectivity index (χ4v) is 2.55. The van der Waals surface area contributed by atoms with Gasteiger partial charge in [-0.1, -0.05) is 17.7 Å². The van der Waals surface area contributed by atoms with Gasteiger partial charge in [-0.15, -0.1) is 0 Å². The summed E-state index contributed by atoms with van der Waals surface area (Å²) in [5.41, 5.74) is 4.11. The number of rotatable bonds is 4. The third kappa shape index (κ3) is 2.94. The molecule has 1 aromatic rings. The topological polar surface area (TPSA) is 21.3 Å². The van der Waals surface area contributed by atoms with E-state index in [9.17, 15) is 0 Å². The van der Waals surface area contributed by atoms with Crippen molar-refractivity contribution >= 4 is 0 Å². The predicted octanol–water partition coefficient (Wildman–Crippen LogP) is 3.63. The second-order valence-electron chi connectivity index (χ2n) is 5.15. The molecule has 1 aliphatic carbocycles. The molecule has 1 atom stereocenters. The van der Waals surface area contributed by atoms with Gasteiger partial charge in [-0.2, -0.15) is 0 Å². The fraction of sp³-hybridized carbons (Fsp3) is 0.500. The first-order chi connectivity index (χ1) is 8.72. The molecule has 0 saturated heterocycles. The van der Waals surface area contributed by atoms with Crippen LogP contribution in [0.3, 0.4) is 0 Å². The lowest BCUT2D eigenvalue weighted by atomic mass is 9.87. The molecule has 0 bridgehead atoms. The maximum atomic E-state index is 5.90. The summed E-state index contributed by atoms with van der Waals surface area (Å²) in [6.07, 6.45) is 5.72. The average molecular weight is 245 g/mol. The lowest BCUT2D eigenvalue weighted by Crippen LogP contribution is -2.22. The number of ether oxygens (including phenoxy) is 1. The molecule has 0 spiro atoms. The van der Waals surface area contributed by atoms with Crippen molar-refractivity contribution in [2.45, 2.75) is 39.2 Å². The minimum absolute atomic E-state index is 0.487. The first kappa shape index (κ1) is 13.2. The Morgan fingerprint density at radius 2 is 2.28 bits per heavy atom. The number of fused-ring (bicyclic) bond motifs is 1. The summed E-state index contributed by atoms with van der Waals surface area (Å²) < 4.78 is 5.90. The van der Waals surface area contributed by atoms with E-state index in [0.29, 0.717) is 12.6 Å². The van der Waals surface area contributed by atoms with E-state index in [1.807, 2.05) is 7.05 Å². The molecule has 0 amide bonds. The van der Waals surface area contributed by atoms with Crippen molar-refractivity contribution in [3.8, 4) is 5.75 Å². The second kappa shape index (κ2) is 6.05. The summed E-state index contributed by atoms with van der Waals surface area (Å²) >= 11 is 0. The standard InChI is InChI=1S/C16H23NO/c1-12(2)10-11-18-16-9-5-6-13-14(16)7-4-8-15(13)17-3/h5-6,9-10,15,17H,4,7-8,11H2,1-3H3. The molecule has 2 nitrogen and oxygen atoms in total. The van der Waals surface area contributed by atoms with Crippen LogP contribution in [0.5, 0.6) is 5.75 Å². The van der Waals surface area contributed by atoms with Gasteiger partial charge in [0.05, 0.1) is 0 Å². The van der Waals surface area contributed by atoms with Crippen molar-refractivity contribution < 1.29 is 4.74 Å². The summed E-state index contributed by atoms with van der Waals surface area (Å²) in [6.45, 7) is 4.87. The van der Waals surface area contributed by atoms with Crippen molar-refractivity contribution in [1.29, 1.82) is 0 Å². The number of hydrogen-bond acceptors (Lipinski definition) is 2. The Bertz CT molecular complexity index is 433. The Morgan fingerprint density at radius 3 is 3.00 bits per heavy atom. The Hall–Kier alpha value is -1.28. The molecule has 1 aliphatic rings. The normalized spacial score (nSPS) is 18.1. The molecule has 2 rings (SSSR count). The van der Waals surface area contributed by atoms with Gasteiger partial charge in [0.25, 0.3) is 0 Å². The maximum absolute atomic E-state index is 5.90. The van der Waals surface area contributed by atoms with Gasteiger partial charge in [-0.25, -0.2) is 0 Å². The van der Waals surface area contributed by atoms with E-state index in [2.05, 4.69) is 43.4 Å². The van der Waals surface area contributed by atoms with E-state index in [1.54, 1.807) is 0 Å². The summed E-state index contributed by atoms with van der Waals surface area (Å²) in [4.78, 5) is 0.